The van der Waals surface area contributed by atoms with Gasteiger partial charge in [-0.25, -0.2) is 4.90 Å². The molecule has 0 saturated heterocycles. The molecular formula is C22H23NO3. The SMILES string of the molecule is CCCCc1ccc(N2C(=O)C(O)=C(c3ccc(C)cc3C)C2=O)cc1. The monoisotopic (exact) mass is 349 g/mol. The van der Waals surface area contributed by atoms with Crippen LogP contribution in [0.2, 0.25) is 0 Å². The topological polar surface area (TPSA) is 57.6 Å². The average Bonchev–Trinajstić information content (AvgIpc) is 2.84. The summed E-state index contributed by atoms with van der Waals surface area (Å²) in [5.41, 5.74) is 4.22. The highest BCUT2D eigenvalue weighted by molar-refractivity contribution is 6.45. The van der Waals surface area contributed by atoms with E-state index in [1.807, 2.05) is 38.1 Å². The van der Waals surface area contributed by atoms with Crippen molar-refractivity contribution in [3.8, 4) is 0 Å². The van der Waals surface area contributed by atoms with E-state index >= 15 is 0 Å². The number of nitrogens with zero attached hydrogens (tertiary/aromatic N) is 1. The van der Waals surface area contributed by atoms with Crippen molar-refractivity contribution in [2.75, 3.05) is 4.90 Å². The molecule has 0 aliphatic carbocycles. The highest BCUT2D eigenvalue weighted by atomic mass is 16.3. The molecule has 1 heterocycles. The number of carbonyl (C=O) groups excluding carboxylic acids is 2. The molecule has 4 nitrogen and oxygen atoms in total. The van der Waals surface area contributed by atoms with Crippen LogP contribution in [-0.2, 0) is 16.0 Å². The smallest absolute Gasteiger partial charge is 0.301 e. The summed E-state index contributed by atoms with van der Waals surface area (Å²) in [5, 5.41) is 10.3. The van der Waals surface area contributed by atoms with E-state index in [0.29, 0.717) is 11.3 Å². The summed E-state index contributed by atoms with van der Waals surface area (Å²) in [5.74, 6) is -1.65. The van der Waals surface area contributed by atoms with Gasteiger partial charge in [0.1, 0.15) is 0 Å². The number of aliphatic hydroxyl groups excluding tert-OH is 1. The van der Waals surface area contributed by atoms with E-state index in [9.17, 15) is 14.7 Å². The normalized spacial score (nSPS) is 14.5. The molecule has 1 aliphatic rings. The Kier molecular flexibility index (Phi) is 4.94. The molecule has 1 N–H and O–H groups in total. The molecule has 0 fully saturated rings. The molecule has 0 radical (unpaired) electrons. The number of carbonyl (C=O) groups is 2. The maximum absolute atomic E-state index is 12.9. The molecule has 0 bridgehead atoms. The van der Waals surface area contributed by atoms with Crippen LogP contribution in [0.4, 0.5) is 5.69 Å². The number of imide groups is 1. The Bertz CT molecular complexity index is 894. The van der Waals surface area contributed by atoms with Crippen molar-refractivity contribution in [3.63, 3.8) is 0 Å². The largest absolute Gasteiger partial charge is 0.502 e. The zero-order valence-corrected chi connectivity index (χ0v) is 15.4. The van der Waals surface area contributed by atoms with Crippen molar-refractivity contribution in [2.45, 2.75) is 40.0 Å². The molecule has 0 atom stereocenters. The van der Waals surface area contributed by atoms with Gasteiger partial charge in [0.05, 0.1) is 11.3 Å². The molecule has 26 heavy (non-hydrogen) atoms. The Morgan fingerprint density at radius 2 is 1.65 bits per heavy atom. The fourth-order valence-electron chi connectivity index (χ4n) is 3.28. The summed E-state index contributed by atoms with van der Waals surface area (Å²) in [7, 11) is 0. The molecule has 0 aromatic heterocycles. The lowest BCUT2D eigenvalue weighted by molar-refractivity contribution is -0.121. The summed E-state index contributed by atoms with van der Waals surface area (Å²) < 4.78 is 0. The minimum Gasteiger partial charge on any atom is -0.502 e. The van der Waals surface area contributed by atoms with Crippen LogP contribution in [-0.4, -0.2) is 16.9 Å². The number of benzene rings is 2. The molecule has 0 saturated carbocycles. The van der Waals surface area contributed by atoms with Gasteiger partial charge in [-0.15, -0.1) is 0 Å². The summed E-state index contributed by atoms with van der Waals surface area (Å²) in [4.78, 5) is 26.5. The number of hydrogen-bond acceptors (Lipinski definition) is 3. The lowest BCUT2D eigenvalue weighted by Gasteiger charge is -2.15. The lowest BCUT2D eigenvalue weighted by atomic mass is 9.98. The van der Waals surface area contributed by atoms with Gasteiger partial charge < -0.3 is 5.11 Å². The Hall–Kier alpha value is -2.88. The first-order valence-corrected chi connectivity index (χ1v) is 8.92. The molecule has 2 aromatic carbocycles. The number of amides is 2. The minimum absolute atomic E-state index is 0.0718. The number of aryl methyl sites for hydroxylation is 3. The molecule has 134 valence electrons. The van der Waals surface area contributed by atoms with Crippen molar-refractivity contribution < 1.29 is 14.7 Å². The second-order valence-corrected chi connectivity index (χ2v) is 6.76. The van der Waals surface area contributed by atoms with Crippen LogP contribution in [0.5, 0.6) is 0 Å². The summed E-state index contributed by atoms with van der Waals surface area (Å²) in [6.45, 7) is 5.96. The first-order valence-electron chi connectivity index (χ1n) is 8.92. The molecule has 0 spiro atoms. The first-order chi connectivity index (χ1) is 12.4. The molecule has 2 amide bonds. The van der Waals surface area contributed by atoms with Crippen molar-refractivity contribution >= 4 is 23.1 Å². The first kappa shape index (κ1) is 17.9. The third kappa shape index (κ3) is 3.15. The quantitative estimate of drug-likeness (QED) is 0.809. The van der Waals surface area contributed by atoms with Gasteiger partial charge in [-0.05, 0) is 55.5 Å². The van der Waals surface area contributed by atoms with Crippen LogP contribution in [0.3, 0.4) is 0 Å². The van der Waals surface area contributed by atoms with Crippen molar-refractivity contribution in [2.24, 2.45) is 0 Å². The van der Waals surface area contributed by atoms with Gasteiger partial charge in [0.25, 0.3) is 5.91 Å². The van der Waals surface area contributed by atoms with Crippen LogP contribution in [0, 0.1) is 13.8 Å². The Balaban J connectivity index is 1.93. The van der Waals surface area contributed by atoms with E-state index in [-0.39, 0.29) is 5.57 Å². The average molecular weight is 349 g/mol. The van der Waals surface area contributed by atoms with Crippen molar-refractivity contribution in [1.29, 1.82) is 0 Å². The lowest BCUT2D eigenvalue weighted by Crippen LogP contribution is -2.31. The van der Waals surface area contributed by atoms with Crippen molar-refractivity contribution in [1.82, 2.24) is 0 Å². The Labute approximate surface area is 153 Å². The molecule has 0 unspecified atom stereocenters. The van der Waals surface area contributed by atoms with Gasteiger partial charge >= 0.3 is 5.91 Å². The van der Waals surface area contributed by atoms with Crippen LogP contribution in [0.15, 0.2) is 48.2 Å². The van der Waals surface area contributed by atoms with Gasteiger partial charge in [0, 0.05) is 0 Å². The van der Waals surface area contributed by atoms with Gasteiger partial charge in [0.2, 0.25) is 0 Å². The number of hydrogen-bond donors (Lipinski definition) is 1. The molecule has 2 aromatic rings. The van der Waals surface area contributed by atoms with E-state index in [1.165, 1.54) is 5.56 Å². The summed E-state index contributed by atoms with van der Waals surface area (Å²) in [6, 6.07) is 13.0. The zero-order valence-electron chi connectivity index (χ0n) is 15.4. The summed E-state index contributed by atoms with van der Waals surface area (Å²) in [6.07, 6.45) is 3.18. The second kappa shape index (κ2) is 7.16. The number of anilines is 1. The maximum Gasteiger partial charge on any atom is 0.301 e. The van der Waals surface area contributed by atoms with Crippen LogP contribution >= 0.6 is 0 Å². The van der Waals surface area contributed by atoms with E-state index in [4.69, 9.17) is 0 Å². The van der Waals surface area contributed by atoms with Gasteiger partial charge in [0.15, 0.2) is 5.76 Å². The number of aliphatic hydroxyl groups is 1. The standard InChI is InChI=1S/C22H23NO3/c1-4-5-6-16-8-10-17(11-9-16)23-21(25)19(20(24)22(23)26)18-12-7-14(2)13-15(18)3/h7-13,24H,4-6H2,1-3H3. The molecule has 1 aliphatic heterocycles. The third-order valence-corrected chi connectivity index (χ3v) is 4.72. The van der Waals surface area contributed by atoms with Crippen LogP contribution in [0.1, 0.15) is 42.0 Å². The van der Waals surface area contributed by atoms with E-state index < -0.39 is 17.6 Å². The van der Waals surface area contributed by atoms with Gasteiger partial charge in [-0.2, -0.15) is 0 Å². The maximum atomic E-state index is 12.9. The van der Waals surface area contributed by atoms with E-state index in [1.54, 1.807) is 18.2 Å². The minimum atomic E-state index is -0.675. The fourth-order valence-corrected chi connectivity index (χ4v) is 3.28. The fraction of sp³-hybridized carbons (Fsp3) is 0.273. The predicted molar refractivity (Wildman–Crippen MR) is 103 cm³/mol. The van der Waals surface area contributed by atoms with E-state index in [0.717, 1.165) is 35.3 Å². The zero-order chi connectivity index (χ0) is 18.8. The molecular weight excluding hydrogens is 326 g/mol. The Morgan fingerprint density at radius 1 is 0.962 bits per heavy atom. The molecule has 4 heteroatoms. The predicted octanol–water partition coefficient (Wildman–Crippen LogP) is 4.49. The Morgan fingerprint density at radius 3 is 2.27 bits per heavy atom. The van der Waals surface area contributed by atoms with Gasteiger partial charge in [-0.3, -0.25) is 9.59 Å². The van der Waals surface area contributed by atoms with Crippen molar-refractivity contribution in [3.05, 3.63) is 70.5 Å². The van der Waals surface area contributed by atoms with Crippen LogP contribution < -0.4 is 4.90 Å². The highest BCUT2D eigenvalue weighted by Crippen LogP contribution is 2.33. The van der Waals surface area contributed by atoms with Crippen LogP contribution in [0.25, 0.3) is 5.57 Å². The van der Waals surface area contributed by atoms with Gasteiger partial charge in [-0.1, -0.05) is 49.2 Å². The second-order valence-electron chi connectivity index (χ2n) is 6.76. The number of unbranched alkanes of at least 4 members (excludes halogenated alkanes) is 1. The molecule has 3 rings (SSSR count). The number of rotatable bonds is 5. The van der Waals surface area contributed by atoms with E-state index in [2.05, 4.69) is 6.92 Å². The summed E-state index contributed by atoms with van der Waals surface area (Å²) >= 11 is 0. The third-order valence-electron chi connectivity index (χ3n) is 4.72. The highest BCUT2D eigenvalue weighted by Gasteiger charge is 2.40.